The maximum Gasteiger partial charge on any atom is 0.146 e. The van der Waals surface area contributed by atoms with E-state index in [2.05, 4.69) is 0 Å². The van der Waals surface area contributed by atoms with Gasteiger partial charge in [0.1, 0.15) is 23.3 Å². The summed E-state index contributed by atoms with van der Waals surface area (Å²) >= 11 is 5.83. The SMILES string of the molecule is N#Cc1ccc(Cl)cc1Oc1cccc(O)c1. The van der Waals surface area contributed by atoms with Crippen LogP contribution in [0.5, 0.6) is 17.2 Å². The second-order valence-corrected chi connectivity index (χ2v) is 3.79. The van der Waals surface area contributed by atoms with E-state index in [1.165, 1.54) is 12.1 Å². The van der Waals surface area contributed by atoms with Crippen molar-refractivity contribution in [3.05, 3.63) is 53.1 Å². The van der Waals surface area contributed by atoms with Gasteiger partial charge in [0.15, 0.2) is 0 Å². The Morgan fingerprint density at radius 1 is 1.18 bits per heavy atom. The van der Waals surface area contributed by atoms with Crippen molar-refractivity contribution < 1.29 is 9.84 Å². The Morgan fingerprint density at radius 3 is 2.71 bits per heavy atom. The van der Waals surface area contributed by atoms with Crippen molar-refractivity contribution in [2.24, 2.45) is 0 Å². The quantitative estimate of drug-likeness (QED) is 0.878. The van der Waals surface area contributed by atoms with Gasteiger partial charge in [0.05, 0.1) is 5.56 Å². The number of halogens is 1. The summed E-state index contributed by atoms with van der Waals surface area (Å²) in [7, 11) is 0. The number of phenolic OH excluding ortho intramolecular Hbond substituents is 1. The summed E-state index contributed by atoms with van der Waals surface area (Å²) in [4.78, 5) is 0. The van der Waals surface area contributed by atoms with Crippen LogP contribution in [0.2, 0.25) is 5.02 Å². The molecule has 0 fully saturated rings. The normalized spacial score (nSPS) is 9.65. The van der Waals surface area contributed by atoms with Crippen molar-refractivity contribution >= 4 is 11.6 Å². The van der Waals surface area contributed by atoms with Crippen molar-refractivity contribution in [2.75, 3.05) is 0 Å². The van der Waals surface area contributed by atoms with E-state index >= 15 is 0 Å². The molecule has 0 aliphatic rings. The van der Waals surface area contributed by atoms with Gasteiger partial charge >= 0.3 is 0 Å². The predicted octanol–water partition coefficient (Wildman–Crippen LogP) is 3.71. The summed E-state index contributed by atoms with van der Waals surface area (Å²) < 4.78 is 5.50. The number of ether oxygens (including phenoxy) is 1. The molecule has 0 aliphatic carbocycles. The monoisotopic (exact) mass is 245 g/mol. The molecule has 1 N–H and O–H groups in total. The minimum atomic E-state index is 0.100. The molecule has 0 amide bonds. The number of aromatic hydroxyl groups is 1. The Bertz CT molecular complexity index is 590. The zero-order chi connectivity index (χ0) is 12.3. The van der Waals surface area contributed by atoms with Gasteiger partial charge in [-0.1, -0.05) is 17.7 Å². The van der Waals surface area contributed by atoms with Crippen LogP contribution in [0.4, 0.5) is 0 Å². The molecule has 3 nitrogen and oxygen atoms in total. The fraction of sp³-hybridized carbons (Fsp3) is 0. The highest BCUT2D eigenvalue weighted by Gasteiger charge is 2.06. The van der Waals surface area contributed by atoms with Gasteiger partial charge in [-0.25, -0.2) is 0 Å². The summed E-state index contributed by atoms with van der Waals surface area (Å²) in [5, 5.41) is 18.7. The van der Waals surface area contributed by atoms with Crippen LogP contribution in [0, 0.1) is 11.3 Å². The van der Waals surface area contributed by atoms with Gasteiger partial charge < -0.3 is 9.84 Å². The number of phenols is 1. The molecule has 0 saturated carbocycles. The molecule has 2 rings (SSSR count). The molecule has 2 aromatic carbocycles. The van der Waals surface area contributed by atoms with E-state index in [4.69, 9.17) is 21.6 Å². The number of nitriles is 1. The molecule has 0 atom stereocenters. The van der Waals surface area contributed by atoms with Gasteiger partial charge in [-0.05, 0) is 24.3 Å². The van der Waals surface area contributed by atoms with E-state index in [-0.39, 0.29) is 5.75 Å². The maximum absolute atomic E-state index is 9.30. The van der Waals surface area contributed by atoms with E-state index in [9.17, 15) is 5.11 Å². The van der Waals surface area contributed by atoms with Crippen molar-refractivity contribution in [3.63, 3.8) is 0 Å². The smallest absolute Gasteiger partial charge is 0.146 e. The lowest BCUT2D eigenvalue weighted by Gasteiger charge is -2.07. The number of benzene rings is 2. The van der Waals surface area contributed by atoms with Crippen molar-refractivity contribution in [1.82, 2.24) is 0 Å². The lowest BCUT2D eigenvalue weighted by molar-refractivity contribution is 0.454. The molecule has 0 aromatic heterocycles. The Kier molecular flexibility index (Phi) is 3.17. The molecule has 0 radical (unpaired) electrons. The third-order valence-electron chi connectivity index (χ3n) is 2.11. The lowest BCUT2D eigenvalue weighted by Crippen LogP contribution is -1.88. The zero-order valence-electron chi connectivity index (χ0n) is 8.72. The average molecular weight is 246 g/mol. The molecule has 0 saturated heterocycles. The number of hydrogen-bond acceptors (Lipinski definition) is 3. The number of nitrogens with zero attached hydrogens (tertiary/aromatic N) is 1. The molecule has 17 heavy (non-hydrogen) atoms. The van der Waals surface area contributed by atoms with Crippen LogP contribution in [0.15, 0.2) is 42.5 Å². The second kappa shape index (κ2) is 4.77. The Morgan fingerprint density at radius 2 is 2.00 bits per heavy atom. The van der Waals surface area contributed by atoms with Gasteiger partial charge in [-0.3, -0.25) is 0 Å². The van der Waals surface area contributed by atoms with Crippen LogP contribution < -0.4 is 4.74 Å². The zero-order valence-corrected chi connectivity index (χ0v) is 9.48. The van der Waals surface area contributed by atoms with Crippen LogP contribution in [0.25, 0.3) is 0 Å². The molecule has 0 spiro atoms. The van der Waals surface area contributed by atoms with E-state index in [0.717, 1.165) is 0 Å². The minimum Gasteiger partial charge on any atom is -0.508 e. The van der Waals surface area contributed by atoms with E-state index in [0.29, 0.717) is 22.1 Å². The molecule has 84 valence electrons. The van der Waals surface area contributed by atoms with Crippen LogP contribution >= 0.6 is 11.6 Å². The standard InChI is InChI=1S/C13H8ClNO2/c14-10-5-4-9(8-15)13(6-10)17-12-3-1-2-11(16)7-12/h1-7,16H. The molecule has 2 aromatic rings. The van der Waals surface area contributed by atoms with Gasteiger partial charge in [0.25, 0.3) is 0 Å². The van der Waals surface area contributed by atoms with Gasteiger partial charge in [0.2, 0.25) is 0 Å². The molecule has 4 heteroatoms. The van der Waals surface area contributed by atoms with Crippen molar-refractivity contribution in [3.8, 4) is 23.3 Å². The first-order chi connectivity index (χ1) is 8.19. The summed E-state index contributed by atoms with van der Waals surface area (Å²) in [6.07, 6.45) is 0. The Balaban J connectivity index is 2.36. The Hall–Kier alpha value is -2.18. The van der Waals surface area contributed by atoms with E-state index in [1.54, 1.807) is 30.3 Å². The highest BCUT2D eigenvalue weighted by atomic mass is 35.5. The molecule has 0 unspecified atom stereocenters. The lowest BCUT2D eigenvalue weighted by atomic mass is 10.2. The number of rotatable bonds is 2. The van der Waals surface area contributed by atoms with Crippen LogP contribution in [0.1, 0.15) is 5.56 Å². The first-order valence-corrected chi connectivity index (χ1v) is 5.23. The third kappa shape index (κ3) is 2.68. The molecule has 0 aliphatic heterocycles. The largest absolute Gasteiger partial charge is 0.508 e. The molecular weight excluding hydrogens is 238 g/mol. The summed E-state index contributed by atoms with van der Waals surface area (Å²) in [5.41, 5.74) is 0.387. The van der Waals surface area contributed by atoms with E-state index < -0.39 is 0 Å². The van der Waals surface area contributed by atoms with Crippen molar-refractivity contribution in [1.29, 1.82) is 5.26 Å². The maximum atomic E-state index is 9.30. The molecule has 0 heterocycles. The van der Waals surface area contributed by atoms with E-state index in [1.807, 2.05) is 6.07 Å². The van der Waals surface area contributed by atoms with Gasteiger partial charge in [0, 0.05) is 17.2 Å². The number of hydrogen-bond donors (Lipinski definition) is 1. The van der Waals surface area contributed by atoms with Crippen LogP contribution in [-0.2, 0) is 0 Å². The summed E-state index contributed by atoms with van der Waals surface area (Å²) in [6.45, 7) is 0. The second-order valence-electron chi connectivity index (χ2n) is 3.35. The van der Waals surface area contributed by atoms with Crippen LogP contribution in [-0.4, -0.2) is 5.11 Å². The highest BCUT2D eigenvalue weighted by molar-refractivity contribution is 6.30. The molecule has 0 bridgehead atoms. The topological polar surface area (TPSA) is 53.2 Å². The predicted molar refractivity (Wildman–Crippen MR) is 64.3 cm³/mol. The Labute approximate surface area is 103 Å². The summed E-state index contributed by atoms with van der Waals surface area (Å²) in [6, 6.07) is 13.1. The highest BCUT2D eigenvalue weighted by Crippen LogP contribution is 2.29. The van der Waals surface area contributed by atoms with Crippen LogP contribution in [0.3, 0.4) is 0 Å². The average Bonchev–Trinajstić information content (AvgIpc) is 2.29. The fourth-order valence-corrected chi connectivity index (χ4v) is 1.51. The molecular formula is C13H8ClNO2. The summed E-state index contributed by atoms with van der Waals surface area (Å²) in [5.74, 6) is 0.914. The minimum absolute atomic E-state index is 0.100. The van der Waals surface area contributed by atoms with Gasteiger partial charge in [-0.2, -0.15) is 5.26 Å². The van der Waals surface area contributed by atoms with Gasteiger partial charge in [-0.15, -0.1) is 0 Å². The van der Waals surface area contributed by atoms with Crippen molar-refractivity contribution in [2.45, 2.75) is 0 Å². The first-order valence-electron chi connectivity index (χ1n) is 4.85. The third-order valence-corrected chi connectivity index (χ3v) is 2.34. The fourth-order valence-electron chi connectivity index (χ4n) is 1.35. The first kappa shape index (κ1) is 11.3.